The van der Waals surface area contributed by atoms with Crippen molar-refractivity contribution in [2.45, 2.75) is 6.67 Å². The number of nitrogens with zero attached hydrogens (tertiary/aromatic N) is 4. The molecule has 3 aromatic rings. The molecule has 7 heteroatoms. The molecule has 0 atom stereocenters. The number of anilines is 1. The number of benzene rings is 1. The third-order valence-corrected chi connectivity index (χ3v) is 5.98. The van der Waals surface area contributed by atoms with Crippen molar-refractivity contribution < 1.29 is 0 Å². The number of halogens is 1. The number of rotatable bonds is 3. The minimum atomic E-state index is 0.754. The van der Waals surface area contributed by atoms with Gasteiger partial charge in [0.05, 0.1) is 16.9 Å². The lowest BCUT2D eigenvalue weighted by Gasteiger charge is -2.35. The van der Waals surface area contributed by atoms with Crippen LogP contribution in [0.1, 0.15) is 0 Å². The smallest absolute Gasteiger partial charge is 0.163 e. The number of hydrogen-bond acceptors (Lipinski definition) is 5. The number of aromatic nitrogens is 2. The Balaban J connectivity index is 1.49. The van der Waals surface area contributed by atoms with Crippen LogP contribution in [0, 0.1) is 3.95 Å². The maximum absolute atomic E-state index is 6.16. The maximum Gasteiger partial charge on any atom is 0.163 e. The van der Waals surface area contributed by atoms with E-state index in [2.05, 4.69) is 25.4 Å². The standard InChI is InChI=1S/C17H17ClN4S2/c18-13-4-5-15-14(11-13)22(17(23)24-15)12-20-7-9-21(10-8-20)16-3-1-2-6-19-16/h1-6,11H,7-10,12H2. The molecular formula is C17H17ClN4S2. The summed E-state index contributed by atoms with van der Waals surface area (Å²) in [5, 5.41) is 0.754. The van der Waals surface area contributed by atoms with E-state index in [-0.39, 0.29) is 0 Å². The van der Waals surface area contributed by atoms with Gasteiger partial charge in [0.15, 0.2) is 3.95 Å². The molecule has 0 unspecified atom stereocenters. The second kappa shape index (κ2) is 6.80. The normalized spacial score (nSPS) is 16.0. The lowest BCUT2D eigenvalue weighted by atomic mass is 10.3. The second-order valence-corrected chi connectivity index (χ2v) is 7.95. The zero-order chi connectivity index (χ0) is 16.5. The Labute approximate surface area is 154 Å². The molecule has 1 saturated heterocycles. The van der Waals surface area contributed by atoms with Crippen molar-refractivity contribution >= 4 is 51.2 Å². The highest BCUT2D eigenvalue weighted by Gasteiger charge is 2.19. The van der Waals surface area contributed by atoms with E-state index in [4.69, 9.17) is 23.8 Å². The molecule has 0 N–H and O–H groups in total. The topological polar surface area (TPSA) is 24.3 Å². The van der Waals surface area contributed by atoms with Crippen LogP contribution in [0.15, 0.2) is 42.6 Å². The number of piperazine rings is 1. The molecule has 0 aliphatic carbocycles. The molecule has 0 amide bonds. The molecule has 1 fully saturated rings. The SMILES string of the molecule is S=c1sc2ccc(Cl)cc2n1CN1CCN(c2ccccn2)CC1. The van der Waals surface area contributed by atoms with E-state index in [9.17, 15) is 0 Å². The molecule has 0 spiro atoms. The van der Waals surface area contributed by atoms with Gasteiger partial charge in [0.1, 0.15) is 5.82 Å². The number of fused-ring (bicyclic) bond motifs is 1. The number of thiazole rings is 1. The summed E-state index contributed by atoms with van der Waals surface area (Å²) in [6, 6.07) is 12.0. The van der Waals surface area contributed by atoms with Gasteiger partial charge in [-0.05, 0) is 42.5 Å². The van der Waals surface area contributed by atoms with Gasteiger partial charge in [0.25, 0.3) is 0 Å². The third-order valence-electron chi connectivity index (χ3n) is 4.32. The fourth-order valence-electron chi connectivity index (χ4n) is 3.03. The highest BCUT2D eigenvalue weighted by Crippen LogP contribution is 2.26. The highest BCUT2D eigenvalue weighted by atomic mass is 35.5. The van der Waals surface area contributed by atoms with Crippen LogP contribution in [0.4, 0.5) is 5.82 Å². The molecule has 1 aliphatic heterocycles. The van der Waals surface area contributed by atoms with Crippen molar-refractivity contribution in [3.63, 3.8) is 0 Å². The van der Waals surface area contributed by atoms with Gasteiger partial charge in [0.2, 0.25) is 0 Å². The van der Waals surface area contributed by atoms with Gasteiger partial charge in [-0.25, -0.2) is 4.98 Å². The first-order valence-electron chi connectivity index (χ1n) is 7.88. The summed E-state index contributed by atoms with van der Waals surface area (Å²) in [7, 11) is 0. The molecule has 24 heavy (non-hydrogen) atoms. The fourth-order valence-corrected chi connectivity index (χ4v) is 4.48. The van der Waals surface area contributed by atoms with E-state index >= 15 is 0 Å². The summed E-state index contributed by atoms with van der Waals surface area (Å²) in [6.07, 6.45) is 1.85. The van der Waals surface area contributed by atoms with E-state index < -0.39 is 0 Å². The van der Waals surface area contributed by atoms with E-state index in [0.29, 0.717) is 0 Å². The van der Waals surface area contributed by atoms with Gasteiger partial charge in [-0.15, -0.1) is 11.3 Å². The third kappa shape index (κ3) is 3.19. The Bertz CT molecular complexity index is 898. The van der Waals surface area contributed by atoms with Crippen LogP contribution in [0.25, 0.3) is 10.2 Å². The first kappa shape index (κ1) is 16.0. The van der Waals surface area contributed by atoms with Crippen molar-refractivity contribution in [2.24, 2.45) is 0 Å². The van der Waals surface area contributed by atoms with Gasteiger partial charge in [-0.3, -0.25) is 4.90 Å². The summed E-state index contributed by atoms with van der Waals surface area (Å²) >= 11 is 13.4. The minimum absolute atomic E-state index is 0.754. The fraction of sp³-hybridized carbons (Fsp3) is 0.294. The van der Waals surface area contributed by atoms with Crippen LogP contribution in [0.2, 0.25) is 5.02 Å². The number of hydrogen-bond donors (Lipinski definition) is 0. The zero-order valence-electron chi connectivity index (χ0n) is 13.1. The van der Waals surface area contributed by atoms with Gasteiger partial charge < -0.3 is 9.47 Å². The van der Waals surface area contributed by atoms with Crippen molar-refractivity contribution in [3.05, 3.63) is 51.6 Å². The van der Waals surface area contributed by atoms with Crippen molar-refractivity contribution in [1.82, 2.24) is 14.5 Å². The van der Waals surface area contributed by atoms with Crippen LogP contribution in [-0.4, -0.2) is 40.6 Å². The Morgan fingerprint density at radius 2 is 1.96 bits per heavy atom. The lowest BCUT2D eigenvalue weighted by molar-refractivity contribution is 0.208. The first-order valence-corrected chi connectivity index (χ1v) is 9.48. The predicted molar refractivity (Wildman–Crippen MR) is 104 cm³/mol. The second-order valence-electron chi connectivity index (χ2n) is 5.84. The van der Waals surface area contributed by atoms with Gasteiger partial charge >= 0.3 is 0 Å². The summed E-state index contributed by atoms with van der Waals surface area (Å²) in [5.74, 6) is 1.06. The quantitative estimate of drug-likeness (QED) is 0.637. The van der Waals surface area contributed by atoms with Crippen LogP contribution in [-0.2, 0) is 6.67 Å². The average molecular weight is 377 g/mol. The van der Waals surface area contributed by atoms with Crippen molar-refractivity contribution in [1.29, 1.82) is 0 Å². The van der Waals surface area contributed by atoms with Crippen LogP contribution >= 0.6 is 35.2 Å². The van der Waals surface area contributed by atoms with E-state index in [1.54, 1.807) is 11.3 Å². The van der Waals surface area contributed by atoms with Gasteiger partial charge in [0, 0.05) is 37.4 Å². The first-order chi connectivity index (χ1) is 11.7. The molecule has 124 valence electrons. The Hall–Kier alpha value is -1.47. The Morgan fingerprint density at radius 1 is 1.12 bits per heavy atom. The predicted octanol–water partition coefficient (Wildman–Crippen LogP) is 4.26. The van der Waals surface area contributed by atoms with Crippen molar-refractivity contribution in [2.75, 3.05) is 31.1 Å². The largest absolute Gasteiger partial charge is 0.354 e. The molecule has 4 rings (SSSR count). The summed E-state index contributed by atoms with van der Waals surface area (Å²) < 4.78 is 4.29. The van der Waals surface area contributed by atoms with Gasteiger partial charge in [-0.2, -0.15) is 0 Å². The molecule has 4 nitrogen and oxygen atoms in total. The zero-order valence-corrected chi connectivity index (χ0v) is 15.4. The minimum Gasteiger partial charge on any atom is -0.354 e. The summed E-state index contributed by atoms with van der Waals surface area (Å²) in [4.78, 5) is 9.21. The van der Waals surface area contributed by atoms with Crippen LogP contribution in [0.3, 0.4) is 0 Å². The molecule has 1 aliphatic rings. The van der Waals surface area contributed by atoms with Crippen LogP contribution in [0.5, 0.6) is 0 Å². The average Bonchev–Trinajstić information content (AvgIpc) is 2.92. The van der Waals surface area contributed by atoms with Crippen LogP contribution < -0.4 is 4.90 Å². The monoisotopic (exact) mass is 376 g/mol. The van der Waals surface area contributed by atoms with E-state index in [0.717, 1.165) is 53.2 Å². The molecule has 1 aromatic carbocycles. The summed E-state index contributed by atoms with van der Waals surface area (Å²) in [5.41, 5.74) is 1.13. The molecule has 0 saturated carbocycles. The molecule has 3 heterocycles. The van der Waals surface area contributed by atoms with E-state index in [1.807, 2.05) is 36.5 Å². The van der Waals surface area contributed by atoms with Crippen molar-refractivity contribution in [3.8, 4) is 0 Å². The number of pyridine rings is 1. The Kier molecular flexibility index (Phi) is 4.54. The molecule has 0 bridgehead atoms. The maximum atomic E-state index is 6.16. The summed E-state index contributed by atoms with van der Waals surface area (Å²) in [6.45, 7) is 4.77. The highest BCUT2D eigenvalue weighted by molar-refractivity contribution is 7.73. The molecule has 0 radical (unpaired) electrons. The molecule has 2 aromatic heterocycles. The van der Waals surface area contributed by atoms with E-state index in [1.165, 1.54) is 4.70 Å². The Morgan fingerprint density at radius 3 is 2.71 bits per heavy atom. The van der Waals surface area contributed by atoms with Gasteiger partial charge in [-0.1, -0.05) is 17.7 Å². The molecular weight excluding hydrogens is 360 g/mol. The lowest BCUT2D eigenvalue weighted by Crippen LogP contribution is -2.47.